The molecule has 7 heteroatoms. The summed E-state index contributed by atoms with van der Waals surface area (Å²) in [7, 11) is 0.00724. The third-order valence-corrected chi connectivity index (χ3v) is 4.79. The van der Waals surface area contributed by atoms with Crippen LogP contribution in [0.5, 0.6) is 23.0 Å². The molecule has 0 saturated heterocycles. The van der Waals surface area contributed by atoms with E-state index in [0.717, 1.165) is 11.3 Å². The topological polar surface area (TPSA) is 81.9 Å². The van der Waals surface area contributed by atoms with Crippen LogP contribution in [0.1, 0.15) is 5.56 Å². The summed E-state index contributed by atoms with van der Waals surface area (Å²) in [5.74, 6) is 2.63. The minimum Gasteiger partial charge on any atom is -0.457 e. The molecule has 0 radical (unpaired) electrons. The Bertz CT molecular complexity index is 1030. The highest BCUT2D eigenvalue weighted by Crippen LogP contribution is 2.30. The number of para-hydroxylation sites is 1. The number of nitrogens with zero attached hydrogens (tertiary/aromatic N) is 1. The molecule has 0 saturated carbocycles. The van der Waals surface area contributed by atoms with E-state index in [1.807, 2.05) is 61.5 Å². The number of benzene rings is 3. The number of rotatable bonds is 7. The number of hydrogen-bond donors (Lipinski definition) is 1. The van der Waals surface area contributed by atoms with Crippen molar-refractivity contribution in [1.29, 1.82) is 0 Å². The highest BCUT2D eigenvalue weighted by Gasteiger charge is 2.14. The monoisotopic (exact) mass is 398 g/mol. The maximum absolute atomic E-state index is 11.6. The SMILES string of the molecule is CN(C)Cc1cc(S(N)(=O)=O)ccc1Oc1ccc(Oc2ccccc2)cc1. The highest BCUT2D eigenvalue weighted by molar-refractivity contribution is 7.89. The Morgan fingerprint density at radius 1 is 0.821 bits per heavy atom. The van der Waals surface area contributed by atoms with Crippen molar-refractivity contribution >= 4 is 10.0 Å². The lowest BCUT2D eigenvalue weighted by molar-refractivity contribution is 0.388. The first-order chi connectivity index (χ1) is 13.3. The normalized spacial score (nSPS) is 11.4. The molecule has 0 atom stereocenters. The zero-order chi connectivity index (χ0) is 20.1. The molecule has 0 aliphatic rings. The van der Waals surface area contributed by atoms with Crippen LogP contribution in [0.4, 0.5) is 0 Å². The van der Waals surface area contributed by atoms with Crippen LogP contribution >= 0.6 is 0 Å². The Hall–Kier alpha value is -2.87. The zero-order valence-corrected chi connectivity index (χ0v) is 16.5. The molecule has 0 aromatic heterocycles. The van der Waals surface area contributed by atoms with Crippen LogP contribution < -0.4 is 14.6 Å². The molecular weight excluding hydrogens is 376 g/mol. The fourth-order valence-electron chi connectivity index (χ4n) is 2.62. The molecule has 0 spiro atoms. The van der Waals surface area contributed by atoms with Gasteiger partial charge in [-0.25, -0.2) is 13.6 Å². The van der Waals surface area contributed by atoms with Crippen LogP contribution in [0.3, 0.4) is 0 Å². The minimum absolute atomic E-state index is 0.0586. The molecule has 0 amide bonds. The molecule has 0 heterocycles. The second-order valence-electron chi connectivity index (χ2n) is 6.54. The third-order valence-electron chi connectivity index (χ3n) is 3.88. The van der Waals surface area contributed by atoms with Crippen molar-refractivity contribution in [1.82, 2.24) is 4.90 Å². The van der Waals surface area contributed by atoms with Gasteiger partial charge in [-0.15, -0.1) is 0 Å². The average Bonchev–Trinajstić information content (AvgIpc) is 2.64. The quantitative estimate of drug-likeness (QED) is 0.651. The summed E-state index contributed by atoms with van der Waals surface area (Å²) >= 11 is 0. The van der Waals surface area contributed by atoms with Gasteiger partial charge in [-0.2, -0.15) is 0 Å². The third kappa shape index (κ3) is 5.32. The van der Waals surface area contributed by atoms with Gasteiger partial charge in [0.2, 0.25) is 10.0 Å². The summed E-state index contributed by atoms with van der Waals surface area (Å²) in [6.45, 7) is 0.508. The van der Waals surface area contributed by atoms with Gasteiger partial charge in [0.05, 0.1) is 4.90 Å². The van der Waals surface area contributed by atoms with Gasteiger partial charge < -0.3 is 14.4 Å². The second-order valence-corrected chi connectivity index (χ2v) is 8.10. The summed E-state index contributed by atoms with van der Waals surface area (Å²) in [6, 6.07) is 21.3. The molecule has 146 valence electrons. The van der Waals surface area contributed by atoms with Crippen LogP contribution in [0.15, 0.2) is 77.7 Å². The second kappa shape index (κ2) is 8.43. The summed E-state index contributed by atoms with van der Waals surface area (Å²) in [6.07, 6.45) is 0. The van der Waals surface area contributed by atoms with Gasteiger partial charge in [0.15, 0.2) is 0 Å². The Kier molecular flexibility index (Phi) is 5.99. The van der Waals surface area contributed by atoms with Gasteiger partial charge in [-0.05, 0) is 68.7 Å². The molecule has 2 N–H and O–H groups in total. The largest absolute Gasteiger partial charge is 0.457 e. The van der Waals surface area contributed by atoms with Gasteiger partial charge in [0, 0.05) is 12.1 Å². The first-order valence-electron chi connectivity index (χ1n) is 8.62. The molecule has 28 heavy (non-hydrogen) atoms. The van der Waals surface area contributed by atoms with Crippen LogP contribution in [0.2, 0.25) is 0 Å². The van der Waals surface area contributed by atoms with Crippen molar-refractivity contribution in [3.63, 3.8) is 0 Å². The van der Waals surface area contributed by atoms with Crippen LogP contribution in [-0.4, -0.2) is 27.4 Å². The van der Waals surface area contributed by atoms with Crippen molar-refractivity contribution < 1.29 is 17.9 Å². The lowest BCUT2D eigenvalue weighted by atomic mass is 10.2. The standard InChI is InChI=1S/C21H22N2O4S/c1-23(2)15-16-14-20(28(22,24)25)12-13-21(16)27-19-10-8-18(9-11-19)26-17-6-4-3-5-7-17/h3-14H,15H2,1-2H3,(H2,22,24,25). The maximum Gasteiger partial charge on any atom is 0.238 e. The number of primary sulfonamides is 1. The van der Waals surface area contributed by atoms with E-state index in [1.165, 1.54) is 12.1 Å². The fraction of sp³-hybridized carbons (Fsp3) is 0.143. The average molecular weight is 398 g/mol. The summed E-state index contributed by atoms with van der Waals surface area (Å²) in [4.78, 5) is 1.98. The Morgan fingerprint density at radius 2 is 1.39 bits per heavy atom. The van der Waals surface area contributed by atoms with E-state index in [4.69, 9.17) is 14.6 Å². The van der Waals surface area contributed by atoms with Crippen LogP contribution in [0, 0.1) is 0 Å². The minimum atomic E-state index is -3.78. The summed E-state index contributed by atoms with van der Waals surface area (Å²) < 4.78 is 35.0. The fourth-order valence-corrected chi connectivity index (χ4v) is 3.19. The smallest absolute Gasteiger partial charge is 0.238 e. The van der Waals surface area contributed by atoms with Crippen molar-refractivity contribution in [2.24, 2.45) is 5.14 Å². The molecule has 0 fully saturated rings. The number of ether oxygens (including phenoxy) is 2. The zero-order valence-electron chi connectivity index (χ0n) is 15.7. The predicted octanol–water partition coefficient (Wildman–Crippen LogP) is 3.98. The number of sulfonamides is 1. The van der Waals surface area contributed by atoms with E-state index >= 15 is 0 Å². The Morgan fingerprint density at radius 3 is 1.96 bits per heavy atom. The molecule has 3 aromatic rings. The molecule has 0 unspecified atom stereocenters. The lowest BCUT2D eigenvalue weighted by Gasteiger charge is -2.16. The summed E-state index contributed by atoms with van der Waals surface area (Å²) in [5.41, 5.74) is 0.723. The van der Waals surface area contributed by atoms with Gasteiger partial charge in [-0.3, -0.25) is 0 Å². The van der Waals surface area contributed by atoms with Crippen LogP contribution in [0.25, 0.3) is 0 Å². The first kappa shape index (κ1) is 19.9. The van der Waals surface area contributed by atoms with Crippen LogP contribution in [-0.2, 0) is 16.6 Å². The number of hydrogen-bond acceptors (Lipinski definition) is 5. The van der Waals surface area contributed by atoms with E-state index < -0.39 is 10.0 Å². The molecule has 0 aliphatic carbocycles. The van der Waals surface area contributed by atoms with Gasteiger partial charge in [0.1, 0.15) is 23.0 Å². The Labute approximate surface area is 165 Å². The molecule has 0 bridgehead atoms. The molecule has 0 aliphatic heterocycles. The molecule has 3 rings (SSSR count). The van der Waals surface area contributed by atoms with Gasteiger partial charge >= 0.3 is 0 Å². The van der Waals surface area contributed by atoms with Crippen molar-refractivity contribution in [3.05, 3.63) is 78.4 Å². The van der Waals surface area contributed by atoms with Gasteiger partial charge in [0.25, 0.3) is 0 Å². The van der Waals surface area contributed by atoms with E-state index in [-0.39, 0.29) is 4.90 Å². The van der Waals surface area contributed by atoms with E-state index in [9.17, 15) is 8.42 Å². The molecular formula is C21H22N2O4S. The summed E-state index contributed by atoms with van der Waals surface area (Å²) in [5, 5.41) is 5.24. The molecule has 6 nitrogen and oxygen atoms in total. The van der Waals surface area contributed by atoms with E-state index in [1.54, 1.807) is 18.2 Å². The highest BCUT2D eigenvalue weighted by atomic mass is 32.2. The van der Waals surface area contributed by atoms with E-state index in [0.29, 0.717) is 23.8 Å². The van der Waals surface area contributed by atoms with Gasteiger partial charge in [-0.1, -0.05) is 18.2 Å². The van der Waals surface area contributed by atoms with Crippen molar-refractivity contribution in [3.8, 4) is 23.0 Å². The van der Waals surface area contributed by atoms with Crippen molar-refractivity contribution in [2.75, 3.05) is 14.1 Å². The number of nitrogens with two attached hydrogens (primary N) is 1. The predicted molar refractivity (Wildman–Crippen MR) is 108 cm³/mol. The first-order valence-corrected chi connectivity index (χ1v) is 10.2. The molecule has 3 aromatic carbocycles. The van der Waals surface area contributed by atoms with Crippen molar-refractivity contribution in [2.45, 2.75) is 11.4 Å². The lowest BCUT2D eigenvalue weighted by Crippen LogP contribution is -2.15. The van der Waals surface area contributed by atoms with E-state index in [2.05, 4.69) is 0 Å². The maximum atomic E-state index is 11.6. The Balaban J connectivity index is 1.80.